The van der Waals surface area contributed by atoms with E-state index in [1.807, 2.05) is 35.3 Å². The number of likely N-dealkylation sites (tertiary alicyclic amines) is 1. The Balaban J connectivity index is 1.34. The zero-order valence-electron chi connectivity index (χ0n) is 19.0. The van der Waals surface area contributed by atoms with Crippen LogP contribution in [0.15, 0.2) is 66.7 Å². The monoisotopic (exact) mass is 447 g/mol. The van der Waals surface area contributed by atoms with Gasteiger partial charge in [-0.3, -0.25) is 4.79 Å². The number of aromatic carboxylic acids is 1. The van der Waals surface area contributed by atoms with Crippen molar-refractivity contribution in [3.05, 3.63) is 83.4 Å². The topological polar surface area (TPSA) is 77.8 Å². The summed E-state index contributed by atoms with van der Waals surface area (Å²) in [5.74, 6) is -0.795. The summed E-state index contributed by atoms with van der Waals surface area (Å²) in [6.45, 7) is 0.593. The van der Waals surface area contributed by atoms with Gasteiger partial charge in [-0.25, -0.2) is 4.79 Å². The number of rotatable bonds is 10. The van der Waals surface area contributed by atoms with E-state index < -0.39 is 12.1 Å². The summed E-state index contributed by atoms with van der Waals surface area (Å²) < 4.78 is 0. The normalized spacial score (nSPS) is 20.7. The first kappa shape index (κ1) is 23.2. The Morgan fingerprint density at radius 3 is 2.39 bits per heavy atom. The average Bonchev–Trinajstić information content (AvgIpc) is 3.15. The molecular weight excluding hydrogens is 414 g/mol. The third-order valence-corrected chi connectivity index (χ3v) is 7.46. The van der Waals surface area contributed by atoms with Gasteiger partial charge in [0.25, 0.3) is 0 Å². The molecule has 174 valence electrons. The summed E-state index contributed by atoms with van der Waals surface area (Å²) >= 11 is 0. The number of amides is 1. The number of hydrogen-bond acceptors (Lipinski definition) is 3. The maximum Gasteiger partial charge on any atom is 0.335 e. The van der Waals surface area contributed by atoms with Crippen LogP contribution >= 0.6 is 0 Å². The van der Waals surface area contributed by atoms with Crippen molar-refractivity contribution in [2.24, 2.45) is 5.41 Å². The molecule has 0 unspecified atom stereocenters. The van der Waals surface area contributed by atoms with Gasteiger partial charge < -0.3 is 15.1 Å². The van der Waals surface area contributed by atoms with E-state index in [9.17, 15) is 14.7 Å². The molecule has 0 aromatic heterocycles. The molecule has 2 aromatic rings. The Kier molecular flexibility index (Phi) is 7.29. The molecule has 4 rings (SSSR count). The number of carboxylic acid groups (broad SMARTS) is 1. The van der Waals surface area contributed by atoms with E-state index in [0.29, 0.717) is 19.4 Å². The van der Waals surface area contributed by atoms with Crippen LogP contribution < -0.4 is 0 Å². The van der Waals surface area contributed by atoms with Crippen molar-refractivity contribution >= 4 is 11.9 Å². The van der Waals surface area contributed by atoms with Crippen LogP contribution in [0.4, 0.5) is 0 Å². The van der Waals surface area contributed by atoms with Crippen molar-refractivity contribution in [3.63, 3.8) is 0 Å². The molecule has 0 spiro atoms. The predicted octanol–water partition coefficient (Wildman–Crippen LogP) is 4.64. The molecule has 1 aliphatic heterocycles. The van der Waals surface area contributed by atoms with E-state index in [1.165, 1.54) is 5.56 Å². The van der Waals surface area contributed by atoms with Crippen LogP contribution in [0.3, 0.4) is 0 Å². The summed E-state index contributed by atoms with van der Waals surface area (Å²) in [6.07, 6.45) is 10.7. The van der Waals surface area contributed by atoms with Gasteiger partial charge in [0, 0.05) is 18.4 Å². The van der Waals surface area contributed by atoms with E-state index in [0.717, 1.165) is 44.1 Å². The first-order valence-electron chi connectivity index (χ1n) is 12.0. The number of aliphatic hydroxyl groups excluding tert-OH is 1. The Labute approximate surface area is 195 Å². The highest BCUT2D eigenvalue weighted by molar-refractivity contribution is 5.87. The molecule has 2 aliphatic rings. The summed E-state index contributed by atoms with van der Waals surface area (Å²) in [5.41, 5.74) is 2.54. The lowest BCUT2D eigenvalue weighted by Gasteiger charge is -2.45. The van der Waals surface area contributed by atoms with Gasteiger partial charge in [0.2, 0.25) is 5.91 Å². The molecule has 5 heteroatoms. The Morgan fingerprint density at radius 2 is 1.76 bits per heavy atom. The smallest absolute Gasteiger partial charge is 0.335 e. The van der Waals surface area contributed by atoms with Crippen molar-refractivity contribution in [1.82, 2.24) is 4.90 Å². The molecular formula is C28H33NO4. The molecule has 0 radical (unpaired) electrons. The van der Waals surface area contributed by atoms with Gasteiger partial charge in [0.1, 0.15) is 0 Å². The van der Waals surface area contributed by atoms with Crippen LogP contribution in [0.5, 0.6) is 0 Å². The van der Waals surface area contributed by atoms with E-state index >= 15 is 0 Å². The Bertz CT molecular complexity index is 979. The molecule has 0 bridgehead atoms. The number of benzene rings is 2. The quantitative estimate of drug-likeness (QED) is 0.520. The maximum atomic E-state index is 12.5. The van der Waals surface area contributed by atoms with E-state index in [2.05, 4.69) is 24.3 Å². The minimum atomic E-state index is -0.937. The molecule has 1 amide bonds. The van der Waals surface area contributed by atoms with Crippen LogP contribution in [0, 0.1) is 5.41 Å². The van der Waals surface area contributed by atoms with Gasteiger partial charge >= 0.3 is 5.97 Å². The van der Waals surface area contributed by atoms with Crippen LogP contribution in [0.2, 0.25) is 0 Å². The fourth-order valence-electron chi connectivity index (χ4n) is 5.11. The SMILES string of the molecule is O=C(O)c1ccc(CCN2C(=O)CC[C@@H]2C=C[C@@H](O)C2(CCc3ccccc3)CCC2)cc1. The van der Waals surface area contributed by atoms with Crippen LogP contribution in [-0.4, -0.2) is 45.7 Å². The second-order valence-electron chi connectivity index (χ2n) is 9.48. The molecule has 2 fully saturated rings. The van der Waals surface area contributed by atoms with E-state index in [1.54, 1.807) is 12.1 Å². The molecule has 2 atom stereocenters. The summed E-state index contributed by atoms with van der Waals surface area (Å²) in [5, 5.41) is 20.1. The van der Waals surface area contributed by atoms with E-state index in [4.69, 9.17) is 5.11 Å². The number of aliphatic hydroxyl groups is 1. The fourth-order valence-corrected chi connectivity index (χ4v) is 5.11. The maximum absolute atomic E-state index is 12.5. The van der Waals surface area contributed by atoms with Crippen LogP contribution in [0.25, 0.3) is 0 Å². The van der Waals surface area contributed by atoms with Crippen molar-refractivity contribution in [2.75, 3.05) is 6.54 Å². The molecule has 1 saturated carbocycles. The van der Waals surface area contributed by atoms with Gasteiger partial charge in [0.05, 0.1) is 17.7 Å². The molecule has 33 heavy (non-hydrogen) atoms. The molecule has 2 aromatic carbocycles. The van der Waals surface area contributed by atoms with Gasteiger partial charge in [-0.1, -0.05) is 61.0 Å². The predicted molar refractivity (Wildman–Crippen MR) is 128 cm³/mol. The number of aryl methyl sites for hydroxylation is 1. The van der Waals surface area contributed by atoms with Gasteiger partial charge in [-0.15, -0.1) is 0 Å². The second-order valence-corrected chi connectivity index (χ2v) is 9.48. The minimum Gasteiger partial charge on any atom is -0.478 e. The first-order chi connectivity index (χ1) is 16.0. The summed E-state index contributed by atoms with van der Waals surface area (Å²) in [7, 11) is 0. The third-order valence-electron chi connectivity index (χ3n) is 7.46. The lowest BCUT2D eigenvalue weighted by atomic mass is 9.62. The number of carbonyl (C=O) groups is 2. The van der Waals surface area contributed by atoms with Gasteiger partial charge in [0.15, 0.2) is 0 Å². The summed E-state index contributed by atoms with van der Waals surface area (Å²) in [6, 6.07) is 17.3. The second kappa shape index (κ2) is 10.3. The average molecular weight is 448 g/mol. The zero-order valence-corrected chi connectivity index (χ0v) is 19.0. The Hall–Kier alpha value is -2.92. The zero-order chi connectivity index (χ0) is 23.3. The highest BCUT2D eigenvalue weighted by atomic mass is 16.4. The number of hydrogen-bond donors (Lipinski definition) is 2. The molecule has 5 nitrogen and oxygen atoms in total. The molecule has 2 N–H and O–H groups in total. The fraction of sp³-hybridized carbons (Fsp3) is 0.429. The lowest BCUT2D eigenvalue weighted by Crippen LogP contribution is -2.41. The van der Waals surface area contributed by atoms with Gasteiger partial charge in [-0.05, 0) is 61.8 Å². The highest BCUT2D eigenvalue weighted by Crippen LogP contribution is 2.48. The third kappa shape index (κ3) is 5.53. The van der Waals surface area contributed by atoms with Crippen LogP contribution in [0.1, 0.15) is 60.0 Å². The standard InChI is InChI=1S/C28H33NO4/c30-25(28(17-4-18-28)19-15-21-5-2-1-3-6-21)13-11-24-12-14-26(31)29(24)20-16-22-7-9-23(10-8-22)27(32)33/h1-3,5-11,13,24-25,30H,4,12,14-20H2,(H,32,33)/t24-,25+/m0/s1. The van der Waals surface area contributed by atoms with Crippen molar-refractivity contribution in [3.8, 4) is 0 Å². The summed E-state index contributed by atoms with van der Waals surface area (Å²) in [4.78, 5) is 25.4. The van der Waals surface area contributed by atoms with Crippen molar-refractivity contribution in [2.45, 2.75) is 63.5 Å². The number of nitrogens with zero attached hydrogens (tertiary/aromatic N) is 1. The molecule has 1 aliphatic carbocycles. The number of carbonyl (C=O) groups excluding carboxylic acids is 1. The molecule has 1 heterocycles. The minimum absolute atomic E-state index is 0.0108. The first-order valence-corrected chi connectivity index (χ1v) is 12.0. The van der Waals surface area contributed by atoms with Gasteiger partial charge in [-0.2, -0.15) is 0 Å². The molecule has 1 saturated heterocycles. The van der Waals surface area contributed by atoms with Crippen molar-refractivity contribution < 1.29 is 19.8 Å². The van der Waals surface area contributed by atoms with Crippen molar-refractivity contribution in [1.29, 1.82) is 0 Å². The largest absolute Gasteiger partial charge is 0.478 e. The Morgan fingerprint density at radius 1 is 1.06 bits per heavy atom. The number of carboxylic acids is 1. The van der Waals surface area contributed by atoms with E-state index in [-0.39, 0.29) is 22.9 Å². The lowest BCUT2D eigenvalue weighted by molar-refractivity contribution is -0.128. The van der Waals surface area contributed by atoms with Crippen LogP contribution in [-0.2, 0) is 17.6 Å². The highest BCUT2D eigenvalue weighted by Gasteiger charge is 2.42.